The van der Waals surface area contributed by atoms with Crippen LogP contribution in [-0.4, -0.2) is 81.3 Å². The number of carbonyl (C=O) groups is 3. The summed E-state index contributed by atoms with van der Waals surface area (Å²) < 4.78 is 12.3. The highest BCUT2D eigenvalue weighted by molar-refractivity contribution is 5.99. The topological polar surface area (TPSA) is 96.4 Å². The lowest BCUT2D eigenvalue weighted by Gasteiger charge is -2.43. The zero-order chi connectivity index (χ0) is 28.6. The normalized spacial score (nSPS) is 30.1. The summed E-state index contributed by atoms with van der Waals surface area (Å²) in [6.07, 6.45) is 5.03. The van der Waals surface area contributed by atoms with Crippen LogP contribution in [-0.2, 0) is 30.3 Å². The standard InChI is InChI=1S/C31H42N2O6/c1-7-17-32(29(4,5)6)27(36)25-31-16-15-30(9-3,39-31)24(28(37)38-18-8-2)23(31)26(35)33(25)22(20-34)19-21-13-11-10-12-14-21/h7-8,10-14,22-25,34H,1-2,9,15-20H2,3-6H3/t22-,23+,24+,25?,30-,31?/m1/s1. The molecule has 1 spiro atoms. The third kappa shape index (κ3) is 4.72. The SMILES string of the molecule is C=CCOC(=O)[C@@H]1[C@H]2C(=O)N([C@@H](CO)Cc3ccccc3)C(C(=O)N(CC=C)C(C)(C)C)C23CC[C@@]1(CC)O3. The lowest BCUT2D eigenvalue weighted by molar-refractivity contribution is -0.164. The van der Waals surface area contributed by atoms with E-state index in [0.717, 1.165) is 5.56 Å². The fraction of sp³-hybridized carbons (Fsp3) is 0.581. The number of aliphatic hydroxyl groups excluding tert-OH is 1. The Kier molecular flexibility index (Phi) is 8.11. The molecule has 1 aromatic rings. The maximum atomic E-state index is 14.6. The molecule has 3 aliphatic rings. The molecule has 4 rings (SSSR count). The second-order valence-electron chi connectivity index (χ2n) is 11.9. The van der Waals surface area contributed by atoms with Crippen molar-refractivity contribution in [3.05, 3.63) is 61.2 Å². The van der Waals surface area contributed by atoms with E-state index in [9.17, 15) is 19.5 Å². The Morgan fingerprint density at radius 1 is 1.23 bits per heavy atom. The Labute approximate surface area is 231 Å². The van der Waals surface area contributed by atoms with Crippen molar-refractivity contribution in [1.29, 1.82) is 0 Å². The first-order valence-corrected chi connectivity index (χ1v) is 13.9. The van der Waals surface area contributed by atoms with Crippen molar-refractivity contribution in [2.45, 2.75) is 82.2 Å². The van der Waals surface area contributed by atoms with Gasteiger partial charge in [-0.15, -0.1) is 6.58 Å². The molecule has 6 atom stereocenters. The smallest absolute Gasteiger partial charge is 0.313 e. The van der Waals surface area contributed by atoms with Crippen LogP contribution in [0.5, 0.6) is 0 Å². The predicted octanol–water partition coefficient (Wildman–Crippen LogP) is 3.29. The Bertz CT molecular complexity index is 1110. The summed E-state index contributed by atoms with van der Waals surface area (Å²) in [4.78, 5) is 45.7. The number of fused-ring (bicyclic) bond motifs is 1. The van der Waals surface area contributed by atoms with E-state index in [2.05, 4.69) is 13.2 Å². The van der Waals surface area contributed by atoms with Crippen molar-refractivity contribution in [2.75, 3.05) is 19.8 Å². The van der Waals surface area contributed by atoms with Gasteiger partial charge in [0.2, 0.25) is 11.8 Å². The molecule has 3 fully saturated rings. The molecule has 39 heavy (non-hydrogen) atoms. The van der Waals surface area contributed by atoms with Gasteiger partial charge in [0.1, 0.15) is 24.2 Å². The molecule has 0 saturated carbocycles. The van der Waals surface area contributed by atoms with Crippen LogP contribution >= 0.6 is 0 Å². The van der Waals surface area contributed by atoms with Gasteiger partial charge in [0.05, 0.1) is 24.2 Å². The first kappa shape index (κ1) is 29.0. The molecule has 3 aliphatic heterocycles. The van der Waals surface area contributed by atoms with E-state index in [4.69, 9.17) is 9.47 Å². The molecular formula is C31H42N2O6. The molecule has 8 nitrogen and oxygen atoms in total. The molecule has 1 aromatic carbocycles. The van der Waals surface area contributed by atoms with Gasteiger partial charge in [0, 0.05) is 12.1 Å². The molecule has 3 heterocycles. The van der Waals surface area contributed by atoms with Gasteiger partial charge in [-0.05, 0) is 52.0 Å². The lowest BCUT2D eigenvalue weighted by Crippen LogP contribution is -2.62. The van der Waals surface area contributed by atoms with Crippen LogP contribution in [0.4, 0.5) is 0 Å². The molecule has 8 heteroatoms. The number of hydrogen-bond donors (Lipinski definition) is 1. The van der Waals surface area contributed by atoms with Crippen molar-refractivity contribution >= 4 is 17.8 Å². The van der Waals surface area contributed by atoms with E-state index in [-0.39, 0.29) is 31.6 Å². The summed E-state index contributed by atoms with van der Waals surface area (Å²) in [6.45, 7) is 15.2. The number of likely N-dealkylation sites (tertiary alicyclic amines) is 1. The predicted molar refractivity (Wildman–Crippen MR) is 148 cm³/mol. The maximum Gasteiger partial charge on any atom is 0.313 e. The molecule has 0 aliphatic carbocycles. The summed E-state index contributed by atoms with van der Waals surface area (Å²) in [6, 6.07) is 7.90. The second-order valence-corrected chi connectivity index (χ2v) is 11.9. The minimum atomic E-state index is -1.20. The van der Waals surface area contributed by atoms with E-state index in [0.29, 0.717) is 25.7 Å². The Morgan fingerprint density at radius 3 is 2.49 bits per heavy atom. The third-order valence-corrected chi connectivity index (χ3v) is 8.76. The van der Waals surface area contributed by atoms with Crippen LogP contribution < -0.4 is 0 Å². The highest BCUT2D eigenvalue weighted by atomic mass is 16.6. The van der Waals surface area contributed by atoms with Crippen molar-refractivity contribution in [1.82, 2.24) is 9.80 Å². The number of esters is 1. The van der Waals surface area contributed by atoms with Crippen molar-refractivity contribution in [3.8, 4) is 0 Å². The van der Waals surface area contributed by atoms with Crippen molar-refractivity contribution in [2.24, 2.45) is 11.8 Å². The fourth-order valence-electron chi connectivity index (χ4n) is 7.03. The number of amides is 2. The number of ether oxygens (including phenoxy) is 2. The minimum absolute atomic E-state index is 0.0273. The zero-order valence-corrected chi connectivity index (χ0v) is 23.6. The second kappa shape index (κ2) is 10.9. The third-order valence-electron chi connectivity index (χ3n) is 8.76. The van der Waals surface area contributed by atoms with Gasteiger partial charge in [-0.25, -0.2) is 0 Å². The van der Waals surface area contributed by atoms with E-state index in [1.807, 2.05) is 58.0 Å². The molecule has 2 bridgehead atoms. The lowest BCUT2D eigenvalue weighted by atomic mass is 9.65. The monoisotopic (exact) mass is 538 g/mol. The van der Waals surface area contributed by atoms with E-state index in [1.54, 1.807) is 11.0 Å². The molecule has 1 N–H and O–H groups in total. The quantitative estimate of drug-likeness (QED) is 0.343. The highest BCUT2D eigenvalue weighted by Crippen LogP contribution is 2.65. The van der Waals surface area contributed by atoms with Gasteiger partial charge in [-0.1, -0.05) is 56.0 Å². The average Bonchev–Trinajstić information content (AvgIpc) is 3.52. The summed E-state index contributed by atoms with van der Waals surface area (Å²) in [5, 5.41) is 10.6. The first-order valence-electron chi connectivity index (χ1n) is 13.9. The average molecular weight is 539 g/mol. The largest absolute Gasteiger partial charge is 0.461 e. The van der Waals surface area contributed by atoms with E-state index >= 15 is 0 Å². The van der Waals surface area contributed by atoms with Crippen LogP contribution in [0.2, 0.25) is 0 Å². The van der Waals surface area contributed by atoms with Crippen LogP contribution in [0.1, 0.15) is 52.5 Å². The van der Waals surface area contributed by atoms with Crippen LogP contribution in [0.25, 0.3) is 0 Å². The molecule has 2 unspecified atom stereocenters. The number of hydrogen-bond acceptors (Lipinski definition) is 6. The Hall–Kier alpha value is -2.97. The van der Waals surface area contributed by atoms with Gasteiger partial charge in [0.15, 0.2) is 0 Å². The molecule has 212 valence electrons. The van der Waals surface area contributed by atoms with Gasteiger partial charge in [-0.3, -0.25) is 14.4 Å². The summed E-state index contributed by atoms with van der Waals surface area (Å²) >= 11 is 0. The number of benzene rings is 1. The van der Waals surface area contributed by atoms with Crippen molar-refractivity contribution in [3.63, 3.8) is 0 Å². The van der Waals surface area contributed by atoms with Gasteiger partial charge in [0.25, 0.3) is 0 Å². The van der Waals surface area contributed by atoms with E-state index < -0.39 is 46.6 Å². The van der Waals surface area contributed by atoms with Crippen molar-refractivity contribution < 1.29 is 29.0 Å². The van der Waals surface area contributed by atoms with Crippen LogP contribution in [0, 0.1) is 11.8 Å². The number of nitrogens with zero attached hydrogens (tertiary/aromatic N) is 2. The minimum Gasteiger partial charge on any atom is -0.461 e. The Balaban J connectivity index is 1.85. The molecular weight excluding hydrogens is 496 g/mol. The van der Waals surface area contributed by atoms with E-state index in [1.165, 1.54) is 11.0 Å². The zero-order valence-electron chi connectivity index (χ0n) is 23.6. The summed E-state index contributed by atoms with van der Waals surface area (Å²) in [7, 11) is 0. The number of rotatable bonds is 11. The fourth-order valence-corrected chi connectivity index (χ4v) is 7.03. The van der Waals surface area contributed by atoms with Crippen LogP contribution in [0.15, 0.2) is 55.6 Å². The summed E-state index contributed by atoms with van der Waals surface area (Å²) in [5.41, 5.74) is -1.72. The molecule has 0 radical (unpaired) electrons. The number of aliphatic hydroxyl groups is 1. The first-order chi connectivity index (χ1) is 18.5. The van der Waals surface area contributed by atoms with Gasteiger partial charge in [-0.2, -0.15) is 0 Å². The number of carbonyl (C=O) groups excluding carboxylic acids is 3. The highest BCUT2D eigenvalue weighted by Gasteiger charge is 2.79. The van der Waals surface area contributed by atoms with Gasteiger partial charge < -0.3 is 24.4 Å². The summed E-state index contributed by atoms with van der Waals surface area (Å²) in [5.74, 6) is -2.84. The molecule has 0 aromatic heterocycles. The Morgan fingerprint density at radius 2 is 1.92 bits per heavy atom. The van der Waals surface area contributed by atoms with Crippen LogP contribution in [0.3, 0.4) is 0 Å². The molecule has 2 amide bonds. The van der Waals surface area contributed by atoms with Gasteiger partial charge >= 0.3 is 5.97 Å². The maximum absolute atomic E-state index is 14.6. The molecule has 3 saturated heterocycles.